The van der Waals surface area contributed by atoms with E-state index in [2.05, 4.69) is 46.8 Å². The first kappa shape index (κ1) is 12.1. The van der Waals surface area contributed by atoms with Gasteiger partial charge in [-0.15, -0.1) is 0 Å². The molecule has 0 saturated heterocycles. The molecule has 1 aliphatic heterocycles. The lowest BCUT2D eigenvalue weighted by molar-refractivity contribution is -0.0332. The Hall–Kier alpha value is -1.44. The van der Waals surface area contributed by atoms with Crippen LogP contribution in [0.25, 0.3) is 0 Å². The normalized spacial score (nSPS) is 40.3. The smallest absolute Gasteiger partial charge is 0.0595 e. The molecule has 21 heavy (non-hydrogen) atoms. The van der Waals surface area contributed by atoms with Gasteiger partial charge in [0.15, 0.2) is 0 Å². The summed E-state index contributed by atoms with van der Waals surface area (Å²) in [6.07, 6.45) is 11.4. The van der Waals surface area contributed by atoms with Gasteiger partial charge in [-0.05, 0) is 74.5 Å². The van der Waals surface area contributed by atoms with E-state index in [1.165, 1.54) is 44.2 Å². The van der Waals surface area contributed by atoms with Crippen LogP contribution in [0.15, 0.2) is 42.1 Å². The fraction of sp³-hybridized carbons (Fsp3) is 0.579. The Morgan fingerprint density at radius 1 is 0.905 bits per heavy atom. The van der Waals surface area contributed by atoms with Gasteiger partial charge < -0.3 is 5.43 Å². The van der Waals surface area contributed by atoms with E-state index in [4.69, 9.17) is 0 Å². The minimum Gasteiger partial charge on any atom is -0.302 e. The minimum atomic E-state index is 0.498. The number of nitrogens with one attached hydrogen (secondary N) is 1. The molecule has 5 aliphatic rings. The monoisotopic (exact) mass is 280 g/mol. The molecule has 6 rings (SSSR count). The number of hydrogen-bond acceptors (Lipinski definition) is 2. The van der Waals surface area contributed by atoms with Crippen LogP contribution in [-0.2, 0) is 0 Å². The quantitative estimate of drug-likeness (QED) is 0.877. The number of allylic oxidation sites excluding steroid dienone is 1. The van der Waals surface area contributed by atoms with Crippen molar-refractivity contribution in [2.24, 2.45) is 23.2 Å². The van der Waals surface area contributed by atoms with E-state index in [1.54, 1.807) is 5.70 Å². The fourth-order valence-corrected chi connectivity index (χ4v) is 5.97. The number of benzene rings is 1. The summed E-state index contributed by atoms with van der Waals surface area (Å²) in [7, 11) is 0. The number of anilines is 1. The van der Waals surface area contributed by atoms with Gasteiger partial charge in [0.25, 0.3) is 0 Å². The fourth-order valence-electron chi connectivity index (χ4n) is 5.97. The van der Waals surface area contributed by atoms with E-state index in [0.717, 1.165) is 24.3 Å². The maximum atomic E-state index is 3.76. The third kappa shape index (κ3) is 1.84. The maximum Gasteiger partial charge on any atom is 0.0595 e. The van der Waals surface area contributed by atoms with Gasteiger partial charge in [-0.1, -0.05) is 18.2 Å². The van der Waals surface area contributed by atoms with E-state index < -0.39 is 0 Å². The molecule has 1 aromatic rings. The lowest BCUT2D eigenvalue weighted by atomic mass is 9.49. The van der Waals surface area contributed by atoms with Crippen LogP contribution in [-0.4, -0.2) is 6.54 Å². The second-order valence-electron chi connectivity index (χ2n) is 7.87. The second-order valence-corrected chi connectivity index (χ2v) is 7.87. The zero-order chi connectivity index (χ0) is 13.9. The van der Waals surface area contributed by atoms with Gasteiger partial charge in [0.2, 0.25) is 0 Å². The molecule has 2 heteroatoms. The predicted molar refractivity (Wildman–Crippen MR) is 85.6 cm³/mol. The summed E-state index contributed by atoms with van der Waals surface area (Å²) in [6, 6.07) is 10.7. The first-order valence-corrected chi connectivity index (χ1v) is 8.61. The van der Waals surface area contributed by atoms with Gasteiger partial charge in [-0.3, -0.25) is 5.01 Å². The highest BCUT2D eigenvalue weighted by molar-refractivity contribution is 5.48. The number of hydrazine groups is 1. The van der Waals surface area contributed by atoms with Crippen LogP contribution < -0.4 is 10.4 Å². The first-order chi connectivity index (χ1) is 10.3. The van der Waals surface area contributed by atoms with Crippen molar-refractivity contribution >= 4 is 5.69 Å². The topological polar surface area (TPSA) is 15.3 Å². The molecule has 0 atom stereocenters. The molecule has 4 aliphatic carbocycles. The van der Waals surface area contributed by atoms with Gasteiger partial charge in [0.1, 0.15) is 0 Å². The van der Waals surface area contributed by atoms with Gasteiger partial charge in [0.05, 0.1) is 12.2 Å². The van der Waals surface area contributed by atoms with Crippen LogP contribution >= 0.6 is 0 Å². The SMILES string of the molecule is C1=C(C23CC4CC(CC(C4)C2)C3)NN(c2ccccc2)C1. The summed E-state index contributed by atoms with van der Waals surface area (Å²) in [6.45, 7) is 1.01. The van der Waals surface area contributed by atoms with Crippen LogP contribution in [0.2, 0.25) is 0 Å². The Labute approximate surface area is 127 Å². The molecule has 0 amide bonds. The van der Waals surface area contributed by atoms with E-state index in [1.807, 2.05) is 0 Å². The summed E-state index contributed by atoms with van der Waals surface area (Å²) in [4.78, 5) is 0. The molecule has 1 aromatic carbocycles. The van der Waals surface area contributed by atoms with Crippen LogP contribution in [0.5, 0.6) is 0 Å². The van der Waals surface area contributed by atoms with Crippen molar-refractivity contribution in [2.75, 3.05) is 11.6 Å². The Morgan fingerprint density at radius 3 is 2.14 bits per heavy atom. The largest absolute Gasteiger partial charge is 0.302 e. The highest BCUT2D eigenvalue weighted by Crippen LogP contribution is 2.62. The van der Waals surface area contributed by atoms with Gasteiger partial charge in [-0.2, -0.15) is 0 Å². The molecule has 1 heterocycles. The molecule has 1 N–H and O–H groups in total. The number of rotatable bonds is 2. The van der Waals surface area contributed by atoms with Crippen molar-refractivity contribution in [1.82, 2.24) is 5.43 Å². The van der Waals surface area contributed by atoms with E-state index in [-0.39, 0.29) is 0 Å². The number of hydrogen-bond donors (Lipinski definition) is 1. The average molecular weight is 280 g/mol. The molecule has 4 bridgehead atoms. The molecular formula is C19H24N2. The van der Waals surface area contributed by atoms with Crippen molar-refractivity contribution in [3.05, 3.63) is 42.1 Å². The third-order valence-electron chi connectivity index (χ3n) is 6.41. The standard InChI is InChI=1S/C19H24N2/c1-2-4-17(5-3-1)21-7-6-18(20-21)19-11-14-8-15(12-19)10-16(9-14)13-19/h1-6,14-16,20H,7-13H2. The molecule has 0 unspecified atom stereocenters. The summed E-state index contributed by atoms with van der Waals surface area (Å²) in [5, 5.41) is 2.31. The average Bonchev–Trinajstić information content (AvgIpc) is 2.97. The Balaban J connectivity index is 1.40. The molecule has 0 aromatic heterocycles. The summed E-state index contributed by atoms with van der Waals surface area (Å²) < 4.78 is 0. The van der Waals surface area contributed by atoms with Crippen LogP contribution in [0, 0.1) is 23.2 Å². The van der Waals surface area contributed by atoms with Crippen LogP contribution in [0.1, 0.15) is 38.5 Å². The van der Waals surface area contributed by atoms with Crippen molar-refractivity contribution in [3.8, 4) is 0 Å². The Morgan fingerprint density at radius 2 is 1.52 bits per heavy atom. The maximum absolute atomic E-state index is 3.76. The van der Waals surface area contributed by atoms with E-state index in [9.17, 15) is 0 Å². The number of nitrogens with zero attached hydrogens (tertiary/aromatic N) is 1. The molecule has 0 spiro atoms. The first-order valence-electron chi connectivity index (χ1n) is 8.61. The lowest BCUT2D eigenvalue weighted by Crippen LogP contribution is -2.50. The molecular weight excluding hydrogens is 256 g/mol. The summed E-state index contributed by atoms with van der Waals surface area (Å²) in [5.41, 5.74) is 7.09. The van der Waals surface area contributed by atoms with E-state index in [0.29, 0.717) is 5.41 Å². The van der Waals surface area contributed by atoms with Crippen molar-refractivity contribution in [3.63, 3.8) is 0 Å². The molecule has 4 fully saturated rings. The van der Waals surface area contributed by atoms with E-state index >= 15 is 0 Å². The van der Waals surface area contributed by atoms with Crippen molar-refractivity contribution in [2.45, 2.75) is 38.5 Å². The Bertz CT molecular complexity index is 539. The van der Waals surface area contributed by atoms with Crippen LogP contribution in [0.4, 0.5) is 5.69 Å². The predicted octanol–water partition coefficient (Wildman–Crippen LogP) is 4.11. The van der Waals surface area contributed by atoms with Gasteiger partial charge >= 0.3 is 0 Å². The van der Waals surface area contributed by atoms with Crippen molar-refractivity contribution < 1.29 is 0 Å². The van der Waals surface area contributed by atoms with Crippen molar-refractivity contribution in [1.29, 1.82) is 0 Å². The third-order valence-corrected chi connectivity index (χ3v) is 6.41. The second kappa shape index (κ2) is 4.28. The highest BCUT2D eigenvalue weighted by atomic mass is 15.5. The molecule has 2 nitrogen and oxygen atoms in total. The lowest BCUT2D eigenvalue weighted by Gasteiger charge is -2.57. The molecule has 0 radical (unpaired) electrons. The van der Waals surface area contributed by atoms with Crippen LogP contribution in [0.3, 0.4) is 0 Å². The van der Waals surface area contributed by atoms with Gasteiger partial charge in [0, 0.05) is 11.1 Å². The highest BCUT2D eigenvalue weighted by Gasteiger charge is 2.53. The molecule has 110 valence electrons. The Kier molecular flexibility index (Phi) is 2.47. The minimum absolute atomic E-state index is 0.498. The number of para-hydroxylation sites is 1. The zero-order valence-electron chi connectivity index (χ0n) is 12.6. The van der Waals surface area contributed by atoms with Gasteiger partial charge in [-0.25, -0.2) is 0 Å². The molecule has 4 saturated carbocycles. The summed E-state index contributed by atoms with van der Waals surface area (Å²) in [5.74, 6) is 3.05. The zero-order valence-corrected chi connectivity index (χ0v) is 12.6. The summed E-state index contributed by atoms with van der Waals surface area (Å²) >= 11 is 0.